The SMILES string of the molecule is Cc1cccc(-n2c(SC3CCCc4ccccc4C3=O)nnc2N2CCOCC2)c1. The summed E-state index contributed by atoms with van der Waals surface area (Å²) >= 11 is 1.54. The van der Waals surface area contributed by atoms with E-state index in [-0.39, 0.29) is 11.0 Å². The molecule has 31 heavy (non-hydrogen) atoms. The highest BCUT2D eigenvalue weighted by atomic mass is 32.2. The Morgan fingerprint density at radius 3 is 2.74 bits per heavy atom. The molecule has 1 unspecified atom stereocenters. The number of anilines is 1. The maximum atomic E-state index is 13.3. The lowest BCUT2D eigenvalue weighted by Gasteiger charge is -2.28. The van der Waals surface area contributed by atoms with Crippen LogP contribution in [0.3, 0.4) is 0 Å². The molecule has 1 atom stereocenters. The number of rotatable bonds is 4. The van der Waals surface area contributed by atoms with Crippen LogP contribution in [0.5, 0.6) is 0 Å². The Kier molecular flexibility index (Phi) is 5.78. The predicted molar refractivity (Wildman–Crippen MR) is 122 cm³/mol. The number of hydrogen-bond acceptors (Lipinski definition) is 6. The first-order valence-corrected chi connectivity index (χ1v) is 11.7. The van der Waals surface area contributed by atoms with Crippen LogP contribution in [-0.4, -0.2) is 52.1 Å². The molecule has 2 aliphatic rings. The van der Waals surface area contributed by atoms with E-state index in [9.17, 15) is 4.79 Å². The molecule has 0 spiro atoms. The second kappa shape index (κ2) is 8.85. The van der Waals surface area contributed by atoms with Gasteiger partial charge in [0.1, 0.15) is 0 Å². The highest BCUT2D eigenvalue weighted by Crippen LogP contribution is 2.35. The molecule has 160 valence electrons. The van der Waals surface area contributed by atoms with E-state index >= 15 is 0 Å². The quantitative estimate of drug-likeness (QED) is 0.577. The van der Waals surface area contributed by atoms with Crippen LogP contribution in [-0.2, 0) is 11.2 Å². The second-order valence-electron chi connectivity index (χ2n) is 8.08. The van der Waals surface area contributed by atoms with Crippen molar-refractivity contribution in [2.24, 2.45) is 0 Å². The Balaban J connectivity index is 1.52. The highest BCUT2D eigenvalue weighted by Gasteiger charge is 2.30. The molecule has 2 aromatic carbocycles. The summed E-state index contributed by atoms with van der Waals surface area (Å²) in [6.45, 7) is 5.01. The number of hydrogen-bond donors (Lipinski definition) is 0. The summed E-state index contributed by atoms with van der Waals surface area (Å²) in [5.41, 5.74) is 4.21. The predicted octanol–water partition coefficient (Wildman–Crippen LogP) is 4.09. The van der Waals surface area contributed by atoms with Crippen LogP contribution in [0.1, 0.15) is 34.3 Å². The number of carbonyl (C=O) groups excluding carboxylic acids is 1. The first kappa shape index (κ1) is 20.3. The molecule has 2 heterocycles. The van der Waals surface area contributed by atoms with Crippen LogP contribution >= 0.6 is 11.8 Å². The first-order valence-electron chi connectivity index (χ1n) is 10.8. The zero-order valence-electron chi connectivity index (χ0n) is 17.7. The monoisotopic (exact) mass is 434 g/mol. The highest BCUT2D eigenvalue weighted by molar-refractivity contribution is 8.00. The Hall–Kier alpha value is -2.64. The zero-order valence-corrected chi connectivity index (χ0v) is 18.5. The molecule has 1 saturated heterocycles. The molecule has 7 heteroatoms. The van der Waals surface area contributed by atoms with Crippen molar-refractivity contribution in [3.05, 3.63) is 65.2 Å². The van der Waals surface area contributed by atoms with Gasteiger partial charge in [-0.05, 0) is 49.4 Å². The molecule has 1 aliphatic heterocycles. The van der Waals surface area contributed by atoms with Gasteiger partial charge in [0.05, 0.1) is 24.2 Å². The van der Waals surface area contributed by atoms with Crippen molar-refractivity contribution >= 4 is 23.5 Å². The van der Waals surface area contributed by atoms with Crippen LogP contribution in [0.25, 0.3) is 5.69 Å². The van der Waals surface area contributed by atoms with Gasteiger partial charge in [-0.2, -0.15) is 0 Å². The van der Waals surface area contributed by atoms with E-state index in [0.29, 0.717) is 13.2 Å². The number of nitrogens with zero attached hydrogens (tertiary/aromatic N) is 4. The number of morpholine rings is 1. The standard InChI is InChI=1S/C24H26N4O2S/c1-17-6-4-9-19(16-17)28-23(27-12-14-30-15-13-27)25-26-24(28)31-21-11-5-8-18-7-2-3-10-20(18)22(21)29/h2-4,6-7,9-10,16,21H,5,8,11-15H2,1H3. The lowest BCUT2D eigenvalue weighted by Crippen LogP contribution is -2.37. The lowest BCUT2D eigenvalue weighted by molar-refractivity contribution is 0.0988. The summed E-state index contributed by atoms with van der Waals surface area (Å²) in [6, 6.07) is 16.4. The van der Waals surface area contributed by atoms with Crippen LogP contribution < -0.4 is 4.90 Å². The summed E-state index contributed by atoms with van der Waals surface area (Å²) in [5.74, 6) is 1.02. The third-order valence-corrected chi connectivity index (χ3v) is 7.11. The molecule has 1 fully saturated rings. The number of ketones is 1. The van der Waals surface area contributed by atoms with Crippen molar-refractivity contribution in [2.75, 3.05) is 31.2 Å². The van der Waals surface area contributed by atoms with Gasteiger partial charge >= 0.3 is 0 Å². The number of benzene rings is 2. The van der Waals surface area contributed by atoms with Gasteiger partial charge in [0, 0.05) is 18.7 Å². The fraction of sp³-hybridized carbons (Fsp3) is 0.375. The number of aryl methyl sites for hydroxylation is 2. The van der Waals surface area contributed by atoms with E-state index in [1.165, 1.54) is 5.56 Å². The van der Waals surface area contributed by atoms with Gasteiger partial charge in [0.2, 0.25) is 5.95 Å². The second-order valence-corrected chi connectivity index (χ2v) is 9.25. The number of Topliss-reactive ketones (excluding diaryl/α,β-unsaturated/α-hetero) is 1. The van der Waals surface area contributed by atoms with Gasteiger partial charge < -0.3 is 9.64 Å². The Morgan fingerprint density at radius 1 is 1.06 bits per heavy atom. The van der Waals surface area contributed by atoms with Crippen molar-refractivity contribution in [3.63, 3.8) is 0 Å². The van der Waals surface area contributed by atoms with Crippen LogP contribution in [0.4, 0.5) is 5.95 Å². The number of thioether (sulfide) groups is 1. The fourth-order valence-corrected chi connectivity index (χ4v) is 5.45. The van der Waals surface area contributed by atoms with Crippen LogP contribution in [0.2, 0.25) is 0 Å². The molecule has 3 aromatic rings. The molecule has 5 rings (SSSR count). The van der Waals surface area contributed by atoms with Gasteiger partial charge in [-0.25, -0.2) is 0 Å². The molecule has 1 aromatic heterocycles. The van der Waals surface area contributed by atoms with Gasteiger partial charge in [-0.1, -0.05) is 48.2 Å². The maximum Gasteiger partial charge on any atom is 0.232 e. The molecule has 6 nitrogen and oxygen atoms in total. The molecule has 0 amide bonds. The molecule has 0 saturated carbocycles. The van der Waals surface area contributed by atoms with Crippen LogP contribution in [0.15, 0.2) is 53.7 Å². The minimum atomic E-state index is -0.158. The summed E-state index contributed by atoms with van der Waals surface area (Å²) in [6.07, 6.45) is 2.78. The third kappa shape index (κ3) is 4.12. The summed E-state index contributed by atoms with van der Waals surface area (Å²) in [5, 5.41) is 9.72. The Bertz CT molecular complexity index is 1090. The van der Waals surface area contributed by atoms with E-state index in [4.69, 9.17) is 4.74 Å². The Morgan fingerprint density at radius 2 is 1.90 bits per heavy atom. The van der Waals surface area contributed by atoms with Crippen molar-refractivity contribution in [1.29, 1.82) is 0 Å². The number of carbonyl (C=O) groups is 1. The molecular formula is C24H26N4O2S. The molecule has 0 radical (unpaired) electrons. The van der Waals surface area contributed by atoms with Gasteiger partial charge in [-0.3, -0.25) is 9.36 Å². The minimum Gasteiger partial charge on any atom is -0.378 e. The smallest absolute Gasteiger partial charge is 0.232 e. The average Bonchev–Trinajstić information content (AvgIpc) is 3.15. The normalized spacial score (nSPS) is 19.2. The largest absolute Gasteiger partial charge is 0.378 e. The Labute approximate surface area is 186 Å². The van der Waals surface area contributed by atoms with E-state index in [1.54, 1.807) is 11.8 Å². The third-order valence-electron chi connectivity index (χ3n) is 5.91. The molecule has 0 N–H and O–H groups in total. The number of ether oxygens (including phenoxy) is 1. The minimum absolute atomic E-state index is 0.158. The van der Waals surface area contributed by atoms with Crippen molar-refractivity contribution < 1.29 is 9.53 Å². The topological polar surface area (TPSA) is 60.2 Å². The molecular weight excluding hydrogens is 408 g/mol. The summed E-state index contributed by atoms with van der Waals surface area (Å²) in [7, 11) is 0. The lowest BCUT2D eigenvalue weighted by atomic mass is 10.0. The van der Waals surface area contributed by atoms with Gasteiger partial charge in [0.25, 0.3) is 0 Å². The average molecular weight is 435 g/mol. The van der Waals surface area contributed by atoms with Gasteiger partial charge in [-0.15, -0.1) is 10.2 Å². The van der Waals surface area contributed by atoms with Crippen molar-refractivity contribution in [1.82, 2.24) is 14.8 Å². The van der Waals surface area contributed by atoms with Crippen molar-refractivity contribution in [2.45, 2.75) is 36.6 Å². The molecule has 0 bridgehead atoms. The summed E-state index contributed by atoms with van der Waals surface area (Å²) < 4.78 is 7.63. The van der Waals surface area contributed by atoms with E-state index in [2.05, 4.69) is 56.9 Å². The number of aromatic nitrogens is 3. The summed E-state index contributed by atoms with van der Waals surface area (Å²) in [4.78, 5) is 15.6. The maximum absolute atomic E-state index is 13.3. The first-order chi connectivity index (χ1) is 15.2. The van der Waals surface area contributed by atoms with Crippen LogP contribution in [0, 0.1) is 6.92 Å². The van der Waals surface area contributed by atoms with E-state index in [1.807, 2.05) is 18.2 Å². The molecule has 1 aliphatic carbocycles. The van der Waals surface area contributed by atoms with E-state index < -0.39 is 0 Å². The van der Waals surface area contributed by atoms with Crippen molar-refractivity contribution in [3.8, 4) is 5.69 Å². The van der Waals surface area contributed by atoms with E-state index in [0.717, 1.165) is 60.3 Å². The number of fused-ring (bicyclic) bond motifs is 1. The van der Waals surface area contributed by atoms with Gasteiger partial charge in [0.15, 0.2) is 10.9 Å². The zero-order chi connectivity index (χ0) is 21.2. The fourth-order valence-electron chi connectivity index (χ4n) is 4.30.